The molecule has 2 heteroatoms. The molecule has 0 aromatic carbocycles. The molecule has 94 valence electrons. The van der Waals surface area contributed by atoms with E-state index in [-0.39, 0.29) is 0 Å². The highest BCUT2D eigenvalue weighted by Gasteiger charge is 2.47. The number of alkyl halides is 2. The Morgan fingerprint density at radius 3 is 1.06 bits per heavy atom. The predicted octanol–water partition coefficient (Wildman–Crippen LogP) is 5.96. The average Bonchev–Trinajstić information content (AvgIpc) is 2.25. The second kappa shape index (κ2) is 5.73. The van der Waals surface area contributed by atoms with Crippen LogP contribution < -0.4 is 0 Å². The first-order valence-electron chi connectivity index (χ1n) is 7.04. The lowest BCUT2D eigenvalue weighted by Crippen LogP contribution is -2.46. The van der Waals surface area contributed by atoms with Gasteiger partial charge in [0.2, 0.25) is 0 Å². The van der Waals surface area contributed by atoms with Crippen LogP contribution in [0.5, 0.6) is 0 Å². The van der Waals surface area contributed by atoms with Gasteiger partial charge in [-0.1, -0.05) is 83.2 Å². The molecule has 2 saturated carbocycles. The zero-order valence-electron chi connectivity index (χ0n) is 10.2. The molecule has 2 aliphatic carbocycles. The molecule has 2 rings (SSSR count). The van der Waals surface area contributed by atoms with Gasteiger partial charge >= 0.3 is 0 Å². The summed E-state index contributed by atoms with van der Waals surface area (Å²) in [7, 11) is 0. The molecule has 0 aromatic heterocycles. The molecule has 0 heterocycles. The molecule has 0 radical (unpaired) electrons. The van der Waals surface area contributed by atoms with Crippen LogP contribution in [0, 0.1) is 0 Å². The van der Waals surface area contributed by atoms with Crippen molar-refractivity contribution < 1.29 is 0 Å². The largest absolute Gasteiger partial charge is 0.0838 e. The van der Waals surface area contributed by atoms with E-state index in [1.807, 2.05) is 0 Å². The molecule has 0 amide bonds. The van der Waals surface area contributed by atoms with Crippen molar-refractivity contribution in [2.75, 3.05) is 0 Å². The molecule has 0 saturated heterocycles. The first-order chi connectivity index (χ1) is 7.66. The Morgan fingerprint density at radius 2 is 0.688 bits per heavy atom. The first kappa shape index (κ1) is 13.4. The summed E-state index contributed by atoms with van der Waals surface area (Å²) in [6, 6.07) is 0. The maximum atomic E-state index is 4.15. The second-order valence-electron chi connectivity index (χ2n) is 5.76. The lowest BCUT2D eigenvalue weighted by Gasteiger charge is -2.47. The van der Waals surface area contributed by atoms with Gasteiger partial charge in [-0.25, -0.2) is 0 Å². The summed E-state index contributed by atoms with van der Waals surface area (Å²) in [6.45, 7) is 0. The molecule has 0 N–H and O–H groups in total. The minimum Gasteiger partial charge on any atom is -0.0838 e. The van der Waals surface area contributed by atoms with Crippen molar-refractivity contribution in [3.8, 4) is 0 Å². The van der Waals surface area contributed by atoms with E-state index >= 15 is 0 Å². The minimum absolute atomic E-state index is 0.390. The van der Waals surface area contributed by atoms with Crippen molar-refractivity contribution in [1.29, 1.82) is 0 Å². The monoisotopic (exact) mass is 350 g/mol. The number of hydrogen-bond acceptors (Lipinski definition) is 0. The molecule has 0 aliphatic heterocycles. The normalized spacial score (nSPS) is 30.4. The van der Waals surface area contributed by atoms with Gasteiger partial charge in [-0.2, -0.15) is 0 Å². The summed E-state index contributed by atoms with van der Waals surface area (Å²) in [4.78, 5) is 0. The lowest BCUT2D eigenvalue weighted by molar-refractivity contribution is 0.283. The smallest absolute Gasteiger partial charge is 0.0410 e. The van der Waals surface area contributed by atoms with Gasteiger partial charge in [-0.15, -0.1) is 0 Å². The van der Waals surface area contributed by atoms with Crippen molar-refractivity contribution in [1.82, 2.24) is 0 Å². The SMILES string of the molecule is BrC1(C2(Br)CCCCC2)CCCCCCC1. The number of hydrogen-bond donors (Lipinski definition) is 0. The van der Waals surface area contributed by atoms with E-state index in [1.54, 1.807) is 0 Å². The molecule has 16 heavy (non-hydrogen) atoms. The van der Waals surface area contributed by atoms with Crippen molar-refractivity contribution in [3.05, 3.63) is 0 Å². The summed E-state index contributed by atoms with van der Waals surface area (Å²) in [5.41, 5.74) is 0. The van der Waals surface area contributed by atoms with Gasteiger partial charge in [-0.3, -0.25) is 0 Å². The molecule has 0 unspecified atom stereocenters. The Kier molecular flexibility index (Phi) is 4.80. The van der Waals surface area contributed by atoms with Gasteiger partial charge in [0.15, 0.2) is 0 Å². The molecule has 0 atom stereocenters. The van der Waals surface area contributed by atoms with Crippen LogP contribution in [0.4, 0.5) is 0 Å². The van der Waals surface area contributed by atoms with Crippen molar-refractivity contribution in [3.63, 3.8) is 0 Å². The quantitative estimate of drug-likeness (QED) is 0.511. The van der Waals surface area contributed by atoms with Gasteiger partial charge in [0, 0.05) is 8.65 Å². The predicted molar refractivity (Wildman–Crippen MR) is 78.7 cm³/mol. The fraction of sp³-hybridized carbons (Fsp3) is 1.00. The van der Waals surface area contributed by atoms with Crippen molar-refractivity contribution in [2.24, 2.45) is 0 Å². The fourth-order valence-electron chi connectivity index (χ4n) is 3.47. The lowest BCUT2D eigenvalue weighted by atomic mass is 9.74. The van der Waals surface area contributed by atoms with Crippen LogP contribution in [0.2, 0.25) is 0 Å². The molecule has 0 aromatic rings. The number of rotatable bonds is 1. The summed E-state index contributed by atoms with van der Waals surface area (Å²) in [5.74, 6) is 0. The third kappa shape index (κ3) is 2.85. The minimum atomic E-state index is 0.390. The summed E-state index contributed by atoms with van der Waals surface area (Å²) < 4.78 is 0.788. The molecule has 0 nitrogen and oxygen atoms in total. The summed E-state index contributed by atoms with van der Waals surface area (Å²) in [6.07, 6.45) is 16.9. The zero-order chi connectivity index (χ0) is 11.5. The Labute approximate surface area is 117 Å². The van der Waals surface area contributed by atoms with Crippen LogP contribution in [0.1, 0.15) is 77.0 Å². The number of halogens is 2. The van der Waals surface area contributed by atoms with E-state index in [2.05, 4.69) is 31.9 Å². The van der Waals surface area contributed by atoms with E-state index in [1.165, 1.54) is 77.0 Å². The average molecular weight is 352 g/mol. The Balaban J connectivity index is 2.06. The molecule has 2 fully saturated rings. The first-order valence-corrected chi connectivity index (χ1v) is 8.63. The summed E-state index contributed by atoms with van der Waals surface area (Å²) in [5, 5.41) is 0. The van der Waals surface area contributed by atoms with Gasteiger partial charge in [0.25, 0.3) is 0 Å². The van der Waals surface area contributed by atoms with Gasteiger partial charge < -0.3 is 0 Å². The van der Waals surface area contributed by atoms with Crippen molar-refractivity contribution in [2.45, 2.75) is 85.7 Å². The van der Waals surface area contributed by atoms with E-state index < -0.39 is 0 Å². The molecular formula is C14H24Br2. The van der Waals surface area contributed by atoms with Crippen LogP contribution in [-0.4, -0.2) is 8.65 Å². The van der Waals surface area contributed by atoms with Crippen molar-refractivity contribution >= 4 is 31.9 Å². The van der Waals surface area contributed by atoms with Gasteiger partial charge in [0.1, 0.15) is 0 Å². The fourth-order valence-corrected chi connectivity index (χ4v) is 5.39. The molecule has 2 aliphatic rings. The second-order valence-corrected chi connectivity index (χ2v) is 8.79. The van der Waals surface area contributed by atoms with Crippen LogP contribution in [-0.2, 0) is 0 Å². The third-order valence-electron chi connectivity index (χ3n) is 4.60. The standard InChI is InChI=1S/C14H24Br2/c15-13(9-5-2-1-3-6-10-13)14(16)11-7-4-8-12-14/h1-12H2. The Hall–Kier alpha value is 0.960. The van der Waals surface area contributed by atoms with E-state index in [4.69, 9.17) is 0 Å². The van der Waals surface area contributed by atoms with Crippen LogP contribution in [0.3, 0.4) is 0 Å². The third-order valence-corrected chi connectivity index (χ3v) is 8.23. The molecule has 0 spiro atoms. The highest BCUT2D eigenvalue weighted by molar-refractivity contribution is 9.13. The van der Waals surface area contributed by atoms with Crippen LogP contribution in [0.25, 0.3) is 0 Å². The molecule has 0 bridgehead atoms. The Morgan fingerprint density at radius 1 is 0.438 bits per heavy atom. The van der Waals surface area contributed by atoms with Crippen LogP contribution in [0.15, 0.2) is 0 Å². The van der Waals surface area contributed by atoms with Gasteiger partial charge in [-0.05, 0) is 25.7 Å². The Bertz CT molecular complexity index is 211. The zero-order valence-corrected chi connectivity index (χ0v) is 13.4. The van der Waals surface area contributed by atoms with E-state index in [0.717, 1.165) is 0 Å². The highest BCUT2D eigenvalue weighted by atomic mass is 79.9. The van der Waals surface area contributed by atoms with Gasteiger partial charge in [0.05, 0.1) is 0 Å². The van der Waals surface area contributed by atoms with Crippen LogP contribution >= 0.6 is 31.9 Å². The molecular weight excluding hydrogens is 328 g/mol. The maximum absolute atomic E-state index is 4.15. The van der Waals surface area contributed by atoms with E-state index in [0.29, 0.717) is 8.65 Å². The summed E-state index contributed by atoms with van der Waals surface area (Å²) >= 11 is 8.28. The highest BCUT2D eigenvalue weighted by Crippen LogP contribution is 2.53. The van der Waals surface area contributed by atoms with E-state index in [9.17, 15) is 0 Å². The topological polar surface area (TPSA) is 0 Å². The maximum Gasteiger partial charge on any atom is 0.0410 e.